The highest BCUT2D eigenvalue weighted by molar-refractivity contribution is 5.91. The van der Waals surface area contributed by atoms with Gasteiger partial charge >= 0.3 is 5.88 Å². The molecule has 3 heterocycles. The zero-order valence-electron chi connectivity index (χ0n) is 13.7. The molecule has 1 atom stereocenters. The fourth-order valence-corrected chi connectivity index (χ4v) is 3.36. The third-order valence-corrected chi connectivity index (χ3v) is 4.57. The van der Waals surface area contributed by atoms with E-state index in [-0.39, 0.29) is 12.9 Å². The molecule has 0 radical (unpaired) electrons. The monoisotopic (exact) mass is 318 g/mol. The molecule has 0 amide bonds. The van der Waals surface area contributed by atoms with Gasteiger partial charge in [0.1, 0.15) is 24.5 Å². The van der Waals surface area contributed by atoms with Gasteiger partial charge in [0.05, 0.1) is 18.1 Å². The molecule has 122 valence electrons. The molecule has 0 aliphatic carbocycles. The Labute approximate surface area is 134 Å². The lowest BCUT2D eigenvalue weighted by molar-refractivity contribution is -0.651. The number of hydrogen-bond acceptors (Lipinski definition) is 5. The summed E-state index contributed by atoms with van der Waals surface area (Å²) in [5.41, 5.74) is 0.894. The SMILES string of the molecule is COc1c2c([n+](C)c3c4c(ccc13)OCO4)O[C@H](C(C)(C)O)C2. The van der Waals surface area contributed by atoms with Gasteiger partial charge in [0.2, 0.25) is 12.5 Å². The zero-order valence-corrected chi connectivity index (χ0v) is 13.7. The quantitative estimate of drug-likeness (QED) is 0.850. The lowest BCUT2D eigenvalue weighted by atomic mass is 9.96. The van der Waals surface area contributed by atoms with Gasteiger partial charge in [-0.2, -0.15) is 4.57 Å². The second-order valence-corrected chi connectivity index (χ2v) is 6.54. The van der Waals surface area contributed by atoms with Crippen LogP contribution in [0.5, 0.6) is 23.1 Å². The number of benzene rings is 1. The van der Waals surface area contributed by atoms with Gasteiger partial charge in [0.25, 0.3) is 5.52 Å². The number of aryl methyl sites for hydroxylation is 1. The predicted octanol–water partition coefficient (Wildman–Crippen LogP) is 1.48. The first kappa shape index (κ1) is 14.4. The van der Waals surface area contributed by atoms with Gasteiger partial charge in [-0.05, 0) is 26.0 Å². The van der Waals surface area contributed by atoms with Crippen LogP contribution in [0.2, 0.25) is 0 Å². The molecule has 0 bridgehead atoms. The molecule has 4 rings (SSSR count). The second kappa shape index (κ2) is 4.64. The molecule has 6 heteroatoms. The Kier molecular flexibility index (Phi) is 2.90. The van der Waals surface area contributed by atoms with E-state index >= 15 is 0 Å². The van der Waals surface area contributed by atoms with Gasteiger partial charge in [-0.25, -0.2) is 0 Å². The molecular formula is C17H20NO5+. The maximum absolute atomic E-state index is 10.3. The summed E-state index contributed by atoms with van der Waals surface area (Å²) in [4.78, 5) is 0. The van der Waals surface area contributed by atoms with E-state index < -0.39 is 5.60 Å². The van der Waals surface area contributed by atoms with Crippen molar-refractivity contribution in [2.24, 2.45) is 7.05 Å². The van der Waals surface area contributed by atoms with E-state index in [1.165, 1.54) is 0 Å². The maximum Gasteiger partial charge on any atom is 0.375 e. The summed E-state index contributed by atoms with van der Waals surface area (Å²) in [7, 11) is 3.58. The van der Waals surface area contributed by atoms with E-state index in [4.69, 9.17) is 18.9 Å². The fraction of sp³-hybridized carbons (Fsp3) is 0.471. The topological polar surface area (TPSA) is 61.0 Å². The number of methoxy groups -OCH3 is 1. The van der Waals surface area contributed by atoms with Crippen LogP contribution in [0.25, 0.3) is 10.9 Å². The van der Waals surface area contributed by atoms with E-state index in [9.17, 15) is 5.11 Å². The molecule has 2 aromatic rings. The Morgan fingerprint density at radius 2 is 2.09 bits per heavy atom. The summed E-state index contributed by atoms with van der Waals surface area (Å²) in [6, 6.07) is 3.86. The average molecular weight is 318 g/mol. The van der Waals surface area contributed by atoms with Crippen molar-refractivity contribution in [1.29, 1.82) is 0 Å². The second-order valence-electron chi connectivity index (χ2n) is 6.54. The van der Waals surface area contributed by atoms with Crippen LogP contribution in [-0.4, -0.2) is 30.7 Å². The highest BCUT2D eigenvalue weighted by atomic mass is 16.7. The molecule has 6 nitrogen and oxygen atoms in total. The molecule has 0 saturated heterocycles. The van der Waals surface area contributed by atoms with Crippen LogP contribution >= 0.6 is 0 Å². The van der Waals surface area contributed by atoms with E-state index in [1.54, 1.807) is 21.0 Å². The Morgan fingerprint density at radius 3 is 2.78 bits per heavy atom. The van der Waals surface area contributed by atoms with Gasteiger partial charge in [0, 0.05) is 6.42 Å². The van der Waals surface area contributed by atoms with Crippen molar-refractivity contribution in [3.63, 3.8) is 0 Å². The van der Waals surface area contributed by atoms with Crippen LogP contribution in [0.15, 0.2) is 12.1 Å². The van der Waals surface area contributed by atoms with Crippen molar-refractivity contribution in [2.45, 2.75) is 32.0 Å². The number of rotatable bonds is 2. The average Bonchev–Trinajstić information content (AvgIpc) is 3.13. The standard InChI is InChI=1S/C17H20NO5/c1-17(2,19)12-7-10-14(20-4)9-5-6-11-15(22-8-21-11)13(9)18(3)16(10)23-12/h5-6,12,19H,7-8H2,1-4H3/q+1/t12-/m0/s1. The number of ether oxygens (including phenoxy) is 4. The van der Waals surface area contributed by atoms with Crippen LogP contribution in [0.3, 0.4) is 0 Å². The summed E-state index contributed by atoms with van der Waals surface area (Å²) in [6.45, 7) is 3.72. The van der Waals surface area contributed by atoms with Crippen molar-refractivity contribution in [1.82, 2.24) is 0 Å². The molecule has 1 aromatic heterocycles. The van der Waals surface area contributed by atoms with Crippen molar-refractivity contribution in [2.75, 3.05) is 13.9 Å². The lowest BCUT2D eigenvalue weighted by Crippen LogP contribution is -2.41. The first-order valence-corrected chi connectivity index (χ1v) is 7.62. The van der Waals surface area contributed by atoms with Gasteiger partial charge < -0.3 is 24.1 Å². The van der Waals surface area contributed by atoms with Gasteiger partial charge in [-0.15, -0.1) is 0 Å². The predicted molar refractivity (Wildman–Crippen MR) is 82.2 cm³/mol. The zero-order chi connectivity index (χ0) is 16.4. The molecule has 0 unspecified atom stereocenters. The highest BCUT2D eigenvalue weighted by Crippen LogP contribution is 2.45. The first-order chi connectivity index (χ1) is 10.9. The largest absolute Gasteiger partial charge is 0.495 e. The summed E-state index contributed by atoms with van der Waals surface area (Å²) < 4.78 is 24.8. The minimum Gasteiger partial charge on any atom is -0.495 e. The molecular weight excluding hydrogens is 298 g/mol. The minimum atomic E-state index is -0.940. The maximum atomic E-state index is 10.3. The van der Waals surface area contributed by atoms with E-state index in [1.807, 2.05) is 23.7 Å². The Morgan fingerprint density at radius 1 is 1.30 bits per heavy atom. The smallest absolute Gasteiger partial charge is 0.375 e. The summed E-state index contributed by atoms with van der Waals surface area (Å²) in [5.74, 6) is 2.87. The molecule has 1 N–H and O–H groups in total. The van der Waals surface area contributed by atoms with Gasteiger partial charge in [0.15, 0.2) is 5.75 Å². The molecule has 1 aromatic carbocycles. The summed E-state index contributed by atoms with van der Waals surface area (Å²) >= 11 is 0. The van der Waals surface area contributed by atoms with Crippen molar-refractivity contribution < 1.29 is 28.6 Å². The number of hydrogen-bond donors (Lipinski definition) is 1. The number of aromatic nitrogens is 1. The van der Waals surface area contributed by atoms with Gasteiger partial charge in [-0.1, -0.05) is 0 Å². The van der Waals surface area contributed by atoms with E-state index in [2.05, 4.69) is 0 Å². The Balaban J connectivity index is 2.00. The molecule has 0 fully saturated rings. The molecule has 0 spiro atoms. The third-order valence-electron chi connectivity index (χ3n) is 4.57. The minimum absolute atomic E-state index is 0.209. The number of nitrogens with zero attached hydrogens (tertiary/aromatic N) is 1. The molecule has 0 saturated carbocycles. The van der Waals surface area contributed by atoms with Crippen LogP contribution < -0.4 is 23.5 Å². The van der Waals surface area contributed by atoms with Crippen LogP contribution in [-0.2, 0) is 13.5 Å². The normalized spacial score (nSPS) is 18.9. The number of aliphatic hydroxyl groups is 1. The van der Waals surface area contributed by atoms with Gasteiger partial charge in [-0.3, -0.25) is 0 Å². The molecule has 23 heavy (non-hydrogen) atoms. The Hall–Kier alpha value is -2.21. The Bertz CT molecular complexity index is 809. The lowest BCUT2D eigenvalue weighted by Gasteiger charge is -2.23. The van der Waals surface area contributed by atoms with E-state index in [0.717, 1.165) is 22.2 Å². The van der Waals surface area contributed by atoms with Crippen LogP contribution in [0.4, 0.5) is 0 Å². The van der Waals surface area contributed by atoms with Crippen LogP contribution in [0, 0.1) is 0 Å². The summed E-state index contributed by atoms with van der Waals surface area (Å²) in [5, 5.41) is 11.3. The molecule has 2 aliphatic heterocycles. The number of pyridine rings is 1. The highest BCUT2D eigenvalue weighted by Gasteiger charge is 2.43. The number of fused-ring (bicyclic) bond motifs is 4. The van der Waals surface area contributed by atoms with Crippen molar-refractivity contribution in [3.8, 4) is 23.1 Å². The van der Waals surface area contributed by atoms with E-state index in [0.29, 0.717) is 23.8 Å². The molecule has 2 aliphatic rings. The summed E-state index contributed by atoms with van der Waals surface area (Å²) in [6.07, 6.45) is 0.278. The van der Waals surface area contributed by atoms with Crippen molar-refractivity contribution >= 4 is 10.9 Å². The van der Waals surface area contributed by atoms with Crippen LogP contribution in [0.1, 0.15) is 19.4 Å². The third kappa shape index (κ3) is 1.94. The van der Waals surface area contributed by atoms with Crippen molar-refractivity contribution in [3.05, 3.63) is 17.7 Å². The fourth-order valence-electron chi connectivity index (χ4n) is 3.36. The first-order valence-electron chi connectivity index (χ1n) is 7.62.